The standard InChI is InChI=1S/C19H18FNO5/c1-12-6-7-14(19(24)25-2)10-16(12)21-17(22)11-26-18(23)9-13-4-3-5-15(20)8-13/h3-8,10H,9,11H2,1-2H3,(H,21,22). The normalized spacial score (nSPS) is 10.1. The van der Waals surface area contributed by atoms with Crippen LogP contribution in [0.1, 0.15) is 21.5 Å². The summed E-state index contributed by atoms with van der Waals surface area (Å²) in [6.07, 6.45) is -0.137. The molecule has 0 aliphatic carbocycles. The highest BCUT2D eigenvalue weighted by atomic mass is 19.1. The average Bonchev–Trinajstić information content (AvgIpc) is 2.61. The Bertz CT molecular complexity index is 834. The number of anilines is 1. The van der Waals surface area contributed by atoms with Crippen LogP contribution in [-0.4, -0.2) is 31.6 Å². The molecule has 0 aliphatic rings. The largest absolute Gasteiger partial charge is 0.465 e. The Balaban J connectivity index is 1.90. The van der Waals surface area contributed by atoms with E-state index in [-0.39, 0.29) is 12.0 Å². The Morgan fingerprint density at radius 1 is 1.12 bits per heavy atom. The number of halogens is 1. The van der Waals surface area contributed by atoms with E-state index in [2.05, 4.69) is 10.1 Å². The molecule has 7 heteroatoms. The van der Waals surface area contributed by atoms with Gasteiger partial charge in [-0.2, -0.15) is 0 Å². The van der Waals surface area contributed by atoms with Crippen molar-refractivity contribution in [3.8, 4) is 0 Å². The predicted molar refractivity (Wildman–Crippen MR) is 92.2 cm³/mol. The molecule has 0 saturated heterocycles. The molecule has 0 fully saturated rings. The molecule has 1 N–H and O–H groups in total. The Morgan fingerprint density at radius 2 is 1.88 bits per heavy atom. The van der Waals surface area contributed by atoms with Crippen molar-refractivity contribution < 1.29 is 28.2 Å². The third-order valence-electron chi connectivity index (χ3n) is 3.53. The molecule has 0 unspecified atom stereocenters. The van der Waals surface area contributed by atoms with Crippen molar-refractivity contribution in [2.24, 2.45) is 0 Å². The van der Waals surface area contributed by atoms with Gasteiger partial charge in [-0.15, -0.1) is 0 Å². The van der Waals surface area contributed by atoms with Crippen molar-refractivity contribution in [2.75, 3.05) is 19.0 Å². The number of carbonyl (C=O) groups excluding carboxylic acids is 3. The third kappa shape index (κ3) is 5.41. The Hall–Kier alpha value is -3.22. The number of methoxy groups -OCH3 is 1. The molecule has 2 aromatic rings. The minimum atomic E-state index is -0.647. The average molecular weight is 359 g/mol. The second-order valence-electron chi connectivity index (χ2n) is 5.54. The van der Waals surface area contributed by atoms with Crippen LogP contribution in [0.2, 0.25) is 0 Å². The first kappa shape index (κ1) is 19.1. The molecule has 0 saturated carbocycles. The number of esters is 2. The molecule has 2 aromatic carbocycles. The Kier molecular flexibility index (Phi) is 6.43. The molecule has 26 heavy (non-hydrogen) atoms. The van der Waals surface area contributed by atoms with E-state index in [0.717, 1.165) is 5.56 Å². The van der Waals surface area contributed by atoms with Gasteiger partial charge in [0, 0.05) is 5.69 Å². The number of carbonyl (C=O) groups is 3. The number of rotatable bonds is 6. The monoisotopic (exact) mass is 359 g/mol. The van der Waals surface area contributed by atoms with Crippen molar-refractivity contribution in [1.82, 2.24) is 0 Å². The summed E-state index contributed by atoms with van der Waals surface area (Å²) in [4.78, 5) is 35.3. The van der Waals surface area contributed by atoms with Crippen LogP contribution in [0.5, 0.6) is 0 Å². The predicted octanol–water partition coefficient (Wildman–Crippen LogP) is 2.65. The van der Waals surface area contributed by atoms with Crippen LogP contribution >= 0.6 is 0 Å². The van der Waals surface area contributed by atoms with E-state index < -0.39 is 30.3 Å². The topological polar surface area (TPSA) is 81.7 Å². The van der Waals surface area contributed by atoms with Gasteiger partial charge in [-0.1, -0.05) is 18.2 Å². The maximum absolute atomic E-state index is 13.1. The zero-order valence-electron chi connectivity index (χ0n) is 14.4. The SMILES string of the molecule is COC(=O)c1ccc(C)c(NC(=O)COC(=O)Cc2cccc(F)c2)c1. The summed E-state index contributed by atoms with van der Waals surface area (Å²) in [6, 6.07) is 10.3. The van der Waals surface area contributed by atoms with Gasteiger partial charge < -0.3 is 14.8 Å². The van der Waals surface area contributed by atoms with E-state index >= 15 is 0 Å². The van der Waals surface area contributed by atoms with E-state index in [0.29, 0.717) is 11.3 Å². The smallest absolute Gasteiger partial charge is 0.337 e. The van der Waals surface area contributed by atoms with Gasteiger partial charge in [0.25, 0.3) is 5.91 Å². The third-order valence-corrected chi connectivity index (χ3v) is 3.53. The molecule has 0 aliphatic heterocycles. The van der Waals surface area contributed by atoms with Gasteiger partial charge in [0.15, 0.2) is 6.61 Å². The van der Waals surface area contributed by atoms with Crippen LogP contribution in [-0.2, 0) is 25.5 Å². The quantitative estimate of drug-likeness (QED) is 0.802. The van der Waals surface area contributed by atoms with Crippen LogP contribution in [0.25, 0.3) is 0 Å². The van der Waals surface area contributed by atoms with E-state index in [4.69, 9.17) is 4.74 Å². The first-order chi connectivity index (χ1) is 12.4. The number of nitrogens with one attached hydrogen (secondary N) is 1. The zero-order valence-corrected chi connectivity index (χ0v) is 14.4. The lowest BCUT2D eigenvalue weighted by atomic mass is 10.1. The molecular formula is C19H18FNO5. The number of ether oxygens (including phenoxy) is 2. The minimum Gasteiger partial charge on any atom is -0.465 e. The molecular weight excluding hydrogens is 341 g/mol. The van der Waals surface area contributed by atoms with Crippen molar-refractivity contribution in [2.45, 2.75) is 13.3 Å². The van der Waals surface area contributed by atoms with Crippen molar-refractivity contribution in [1.29, 1.82) is 0 Å². The van der Waals surface area contributed by atoms with Crippen LogP contribution < -0.4 is 5.32 Å². The second kappa shape index (κ2) is 8.75. The lowest BCUT2D eigenvalue weighted by Crippen LogP contribution is -2.22. The highest BCUT2D eigenvalue weighted by Gasteiger charge is 2.12. The summed E-state index contributed by atoms with van der Waals surface area (Å²) >= 11 is 0. The summed E-state index contributed by atoms with van der Waals surface area (Å²) < 4.78 is 22.6. The van der Waals surface area contributed by atoms with Crippen molar-refractivity contribution in [3.05, 3.63) is 65.0 Å². The van der Waals surface area contributed by atoms with Gasteiger partial charge in [-0.05, 0) is 42.3 Å². The highest BCUT2D eigenvalue weighted by molar-refractivity contribution is 5.96. The Morgan fingerprint density at radius 3 is 2.58 bits per heavy atom. The molecule has 1 amide bonds. The maximum Gasteiger partial charge on any atom is 0.337 e. The summed E-state index contributed by atoms with van der Waals surface area (Å²) in [5.74, 6) is -2.18. The van der Waals surface area contributed by atoms with Gasteiger partial charge in [-0.25, -0.2) is 9.18 Å². The summed E-state index contributed by atoms with van der Waals surface area (Å²) in [7, 11) is 1.26. The lowest BCUT2D eigenvalue weighted by Gasteiger charge is -2.10. The number of hydrogen-bond acceptors (Lipinski definition) is 5. The molecule has 6 nitrogen and oxygen atoms in total. The molecule has 0 radical (unpaired) electrons. The Labute approximate surface area is 149 Å². The fourth-order valence-corrected chi connectivity index (χ4v) is 2.20. The van der Waals surface area contributed by atoms with Crippen LogP contribution in [0.4, 0.5) is 10.1 Å². The van der Waals surface area contributed by atoms with Crippen molar-refractivity contribution >= 4 is 23.5 Å². The minimum absolute atomic E-state index is 0.137. The number of amides is 1. The maximum atomic E-state index is 13.1. The molecule has 0 spiro atoms. The van der Waals surface area contributed by atoms with Crippen LogP contribution in [0.15, 0.2) is 42.5 Å². The molecule has 0 bridgehead atoms. The highest BCUT2D eigenvalue weighted by Crippen LogP contribution is 2.17. The van der Waals surface area contributed by atoms with Crippen molar-refractivity contribution in [3.63, 3.8) is 0 Å². The fraction of sp³-hybridized carbons (Fsp3) is 0.211. The first-order valence-electron chi connectivity index (χ1n) is 7.78. The first-order valence-corrected chi connectivity index (χ1v) is 7.78. The van der Waals surface area contributed by atoms with Crippen LogP contribution in [0.3, 0.4) is 0 Å². The summed E-state index contributed by atoms with van der Waals surface area (Å²) in [5.41, 5.74) is 1.89. The van der Waals surface area contributed by atoms with E-state index in [1.54, 1.807) is 25.1 Å². The number of aryl methyl sites for hydroxylation is 1. The molecule has 136 valence electrons. The van der Waals surface area contributed by atoms with E-state index in [1.165, 1.54) is 31.4 Å². The summed E-state index contributed by atoms with van der Waals surface area (Å²) in [5, 5.41) is 2.57. The second-order valence-corrected chi connectivity index (χ2v) is 5.54. The summed E-state index contributed by atoms with van der Waals surface area (Å²) in [6.45, 7) is 1.27. The number of hydrogen-bond donors (Lipinski definition) is 1. The lowest BCUT2D eigenvalue weighted by molar-refractivity contribution is -0.146. The zero-order chi connectivity index (χ0) is 19.1. The van der Waals surface area contributed by atoms with E-state index in [9.17, 15) is 18.8 Å². The molecule has 2 rings (SSSR count). The number of benzene rings is 2. The molecule has 0 aromatic heterocycles. The molecule has 0 heterocycles. The van der Waals surface area contributed by atoms with Gasteiger partial charge in [0.1, 0.15) is 5.82 Å². The van der Waals surface area contributed by atoms with Gasteiger partial charge in [0.2, 0.25) is 0 Å². The van der Waals surface area contributed by atoms with Crippen LogP contribution in [0, 0.1) is 12.7 Å². The molecule has 0 atom stereocenters. The fourth-order valence-electron chi connectivity index (χ4n) is 2.20. The van der Waals surface area contributed by atoms with Gasteiger partial charge in [0.05, 0.1) is 19.1 Å². The van der Waals surface area contributed by atoms with Gasteiger partial charge >= 0.3 is 11.9 Å². The van der Waals surface area contributed by atoms with E-state index in [1.807, 2.05) is 0 Å². The van der Waals surface area contributed by atoms with Gasteiger partial charge in [-0.3, -0.25) is 9.59 Å².